The number of nitro benzene ring substituents is 1. The first-order valence-corrected chi connectivity index (χ1v) is 10.5. The lowest BCUT2D eigenvalue weighted by atomic mass is 10.2. The van der Waals surface area contributed by atoms with Crippen LogP contribution in [0.25, 0.3) is 0 Å². The van der Waals surface area contributed by atoms with Crippen LogP contribution in [0, 0.1) is 15.9 Å². The molecule has 0 N–H and O–H groups in total. The van der Waals surface area contributed by atoms with Crippen molar-refractivity contribution in [2.24, 2.45) is 0 Å². The van der Waals surface area contributed by atoms with E-state index in [1.54, 1.807) is 34.5 Å². The molecule has 2 aromatic carbocycles. The van der Waals surface area contributed by atoms with Gasteiger partial charge in [-0.25, -0.2) is 9.37 Å². The second-order valence-electron chi connectivity index (χ2n) is 6.92. The molecular formula is C21H19FN4O4S. The lowest BCUT2D eigenvalue weighted by molar-refractivity contribution is -0.384. The van der Waals surface area contributed by atoms with Crippen molar-refractivity contribution in [3.63, 3.8) is 0 Å². The van der Waals surface area contributed by atoms with Gasteiger partial charge in [0.2, 0.25) is 0 Å². The van der Waals surface area contributed by atoms with E-state index in [1.165, 1.54) is 35.6 Å². The molecule has 160 valence electrons. The first-order valence-electron chi connectivity index (χ1n) is 9.61. The van der Waals surface area contributed by atoms with E-state index < -0.39 is 4.92 Å². The number of amides is 1. The number of halogens is 1. The molecule has 8 nitrogen and oxygen atoms in total. The Hall–Kier alpha value is -3.53. The van der Waals surface area contributed by atoms with Gasteiger partial charge in [-0.05, 0) is 36.4 Å². The number of nitrogens with zero attached hydrogens (tertiary/aromatic N) is 4. The Morgan fingerprint density at radius 2 is 1.77 bits per heavy atom. The molecule has 10 heteroatoms. The highest BCUT2D eigenvalue weighted by Gasteiger charge is 2.24. The summed E-state index contributed by atoms with van der Waals surface area (Å²) in [6.07, 6.45) is 0. The number of carbonyl (C=O) groups is 1. The predicted octanol–water partition coefficient (Wildman–Crippen LogP) is 3.73. The Kier molecular flexibility index (Phi) is 6.08. The van der Waals surface area contributed by atoms with Crippen LogP contribution >= 0.6 is 11.3 Å². The van der Waals surface area contributed by atoms with Gasteiger partial charge >= 0.3 is 0 Å². The van der Waals surface area contributed by atoms with Crippen molar-refractivity contribution in [1.29, 1.82) is 0 Å². The molecule has 0 aliphatic carbocycles. The van der Waals surface area contributed by atoms with E-state index in [0.717, 1.165) is 5.69 Å². The third kappa shape index (κ3) is 4.97. The van der Waals surface area contributed by atoms with E-state index in [4.69, 9.17) is 4.74 Å². The fraction of sp³-hybridized carbons (Fsp3) is 0.238. The zero-order valence-corrected chi connectivity index (χ0v) is 17.3. The summed E-state index contributed by atoms with van der Waals surface area (Å²) in [6.45, 7) is 2.55. The Balaban J connectivity index is 1.30. The monoisotopic (exact) mass is 442 g/mol. The minimum absolute atomic E-state index is 0.0558. The van der Waals surface area contributed by atoms with Gasteiger partial charge in [0.05, 0.1) is 4.92 Å². The number of hydrogen-bond donors (Lipinski definition) is 0. The zero-order valence-electron chi connectivity index (χ0n) is 16.4. The first-order chi connectivity index (χ1) is 15.0. The molecule has 2 heterocycles. The molecule has 31 heavy (non-hydrogen) atoms. The number of non-ortho nitro benzene ring substituents is 1. The molecular weight excluding hydrogens is 423 g/mol. The fourth-order valence-corrected chi connectivity index (χ4v) is 3.95. The number of hydrogen-bond acceptors (Lipinski definition) is 7. The minimum Gasteiger partial charge on any atom is -0.486 e. The van der Waals surface area contributed by atoms with Gasteiger partial charge in [0.15, 0.2) is 0 Å². The van der Waals surface area contributed by atoms with Crippen molar-refractivity contribution in [2.45, 2.75) is 6.61 Å². The summed E-state index contributed by atoms with van der Waals surface area (Å²) >= 11 is 1.34. The predicted molar refractivity (Wildman–Crippen MR) is 114 cm³/mol. The molecule has 0 unspecified atom stereocenters. The second kappa shape index (κ2) is 9.09. The molecule has 0 radical (unpaired) electrons. The van der Waals surface area contributed by atoms with Crippen LogP contribution in [0.2, 0.25) is 0 Å². The third-order valence-electron chi connectivity index (χ3n) is 4.94. The molecule has 0 bridgehead atoms. The number of thiazole rings is 1. The third-order valence-corrected chi connectivity index (χ3v) is 5.76. The Labute approximate surface area is 181 Å². The highest BCUT2D eigenvalue weighted by Crippen LogP contribution is 2.22. The van der Waals surface area contributed by atoms with Gasteiger partial charge < -0.3 is 14.5 Å². The van der Waals surface area contributed by atoms with Crippen molar-refractivity contribution in [1.82, 2.24) is 9.88 Å². The second-order valence-corrected chi connectivity index (χ2v) is 7.86. The van der Waals surface area contributed by atoms with Crippen molar-refractivity contribution in [3.8, 4) is 5.75 Å². The molecule has 1 amide bonds. The van der Waals surface area contributed by atoms with Gasteiger partial charge in [0.1, 0.15) is 28.9 Å². The summed E-state index contributed by atoms with van der Waals surface area (Å²) in [4.78, 5) is 31.4. The number of ether oxygens (including phenoxy) is 1. The molecule has 3 aromatic rings. The number of anilines is 1. The molecule has 4 rings (SSSR count). The molecule has 0 spiro atoms. The number of rotatable bonds is 6. The van der Waals surface area contributed by atoms with Gasteiger partial charge in [0.25, 0.3) is 11.6 Å². The van der Waals surface area contributed by atoms with Crippen molar-refractivity contribution in [2.75, 3.05) is 31.1 Å². The summed E-state index contributed by atoms with van der Waals surface area (Å²) < 4.78 is 18.5. The van der Waals surface area contributed by atoms with E-state index in [2.05, 4.69) is 9.88 Å². The van der Waals surface area contributed by atoms with Gasteiger partial charge in [-0.15, -0.1) is 11.3 Å². The highest BCUT2D eigenvalue weighted by atomic mass is 32.1. The molecule has 1 aliphatic heterocycles. The Morgan fingerprint density at radius 3 is 2.42 bits per heavy atom. The van der Waals surface area contributed by atoms with Crippen LogP contribution in [-0.4, -0.2) is 46.9 Å². The summed E-state index contributed by atoms with van der Waals surface area (Å²) in [5.74, 6) is 0.0719. The van der Waals surface area contributed by atoms with Crippen LogP contribution in [0.3, 0.4) is 0 Å². The summed E-state index contributed by atoms with van der Waals surface area (Å²) in [6, 6.07) is 12.1. The lowest BCUT2D eigenvalue weighted by Gasteiger charge is -2.35. The minimum atomic E-state index is -0.423. The standard InChI is InChI=1S/C21H19FN4O4S/c22-15-1-7-18(8-2-15)30-13-20-23-19(14-31-20)21(27)25-11-9-24(10-12-25)16-3-5-17(6-4-16)26(28)29/h1-8,14H,9-13H2. The topological polar surface area (TPSA) is 88.8 Å². The Bertz CT molecular complexity index is 1060. The SMILES string of the molecule is O=C(c1csc(COc2ccc(F)cc2)n1)N1CCN(c2ccc([N+](=O)[O-])cc2)CC1. The van der Waals surface area contributed by atoms with Crippen LogP contribution in [0.5, 0.6) is 5.75 Å². The van der Waals surface area contributed by atoms with Crippen LogP contribution in [0.15, 0.2) is 53.9 Å². The van der Waals surface area contributed by atoms with Gasteiger partial charge in [-0.1, -0.05) is 0 Å². The number of piperazine rings is 1. The molecule has 1 aromatic heterocycles. The van der Waals surface area contributed by atoms with E-state index in [9.17, 15) is 19.3 Å². The summed E-state index contributed by atoms with van der Waals surface area (Å²) in [5, 5.41) is 13.2. The van der Waals surface area contributed by atoms with Gasteiger partial charge in [-0.3, -0.25) is 14.9 Å². The Morgan fingerprint density at radius 1 is 1.10 bits per heavy atom. The maximum absolute atomic E-state index is 12.9. The average Bonchev–Trinajstić information content (AvgIpc) is 3.27. The maximum atomic E-state index is 12.9. The average molecular weight is 442 g/mol. The largest absolute Gasteiger partial charge is 0.486 e. The summed E-state index contributed by atoms with van der Waals surface area (Å²) in [7, 11) is 0. The fourth-order valence-electron chi connectivity index (χ4n) is 3.27. The highest BCUT2D eigenvalue weighted by molar-refractivity contribution is 7.09. The maximum Gasteiger partial charge on any atom is 0.273 e. The number of carbonyl (C=O) groups excluding carboxylic acids is 1. The number of nitro groups is 1. The molecule has 0 saturated carbocycles. The molecule has 1 fully saturated rings. The molecule has 0 atom stereocenters. The number of aromatic nitrogens is 1. The lowest BCUT2D eigenvalue weighted by Crippen LogP contribution is -2.48. The molecule has 1 aliphatic rings. The van der Waals surface area contributed by atoms with Crippen LogP contribution < -0.4 is 9.64 Å². The summed E-state index contributed by atoms with van der Waals surface area (Å²) in [5.41, 5.74) is 1.33. The smallest absolute Gasteiger partial charge is 0.273 e. The van der Waals surface area contributed by atoms with E-state index in [0.29, 0.717) is 42.6 Å². The van der Waals surface area contributed by atoms with E-state index in [-0.39, 0.29) is 24.0 Å². The van der Waals surface area contributed by atoms with Crippen molar-refractivity contribution < 1.29 is 18.8 Å². The van der Waals surface area contributed by atoms with E-state index in [1.807, 2.05) is 0 Å². The van der Waals surface area contributed by atoms with Crippen molar-refractivity contribution in [3.05, 3.63) is 80.5 Å². The van der Waals surface area contributed by atoms with Gasteiger partial charge in [0, 0.05) is 49.4 Å². The number of benzene rings is 2. The quantitative estimate of drug-likeness (QED) is 0.427. The van der Waals surface area contributed by atoms with Crippen LogP contribution in [0.1, 0.15) is 15.5 Å². The van der Waals surface area contributed by atoms with Crippen molar-refractivity contribution >= 4 is 28.6 Å². The first kappa shape index (κ1) is 20.7. The normalized spacial score (nSPS) is 13.8. The van der Waals surface area contributed by atoms with Crippen LogP contribution in [0.4, 0.5) is 15.8 Å². The van der Waals surface area contributed by atoms with E-state index >= 15 is 0 Å². The molecule has 1 saturated heterocycles. The van der Waals surface area contributed by atoms with Gasteiger partial charge in [-0.2, -0.15) is 0 Å². The van der Waals surface area contributed by atoms with Crippen LogP contribution in [-0.2, 0) is 6.61 Å². The zero-order chi connectivity index (χ0) is 21.8.